The standard InChI is InChI=1S/C48H39NO/c1-47(2)40-16-10-11-17-44(40)50-46-42(47)29-28-41-45(46)39-27-26-38(31-43(39)48(41,3)4)49(37-25-22-34-14-8-9-15-35(34)30-37)36-23-20-33(21-24-36)19-18-32-12-6-5-7-13-32/h5-31H,1-4H3. The molecule has 0 radical (unpaired) electrons. The Morgan fingerprint density at radius 2 is 1.06 bits per heavy atom. The van der Waals surface area contributed by atoms with Gasteiger partial charge in [0.2, 0.25) is 0 Å². The fourth-order valence-electron chi connectivity index (χ4n) is 8.10. The predicted molar refractivity (Wildman–Crippen MR) is 210 cm³/mol. The minimum absolute atomic E-state index is 0.165. The van der Waals surface area contributed by atoms with Crippen molar-refractivity contribution in [3.8, 4) is 22.6 Å². The highest BCUT2D eigenvalue weighted by atomic mass is 16.5. The first-order valence-electron chi connectivity index (χ1n) is 17.5. The molecule has 7 aromatic rings. The van der Waals surface area contributed by atoms with Crippen LogP contribution in [0.1, 0.15) is 61.1 Å². The third-order valence-corrected chi connectivity index (χ3v) is 10.9. The van der Waals surface area contributed by atoms with Gasteiger partial charge in [-0.1, -0.05) is 149 Å². The van der Waals surface area contributed by atoms with Crippen molar-refractivity contribution >= 4 is 40.0 Å². The normalized spacial score (nSPS) is 14.8. The van der Waals surface area contributed by atoms with E-state index in [1.807, 2.05) is 6.07 Å². The van der Waals surface area contributed by atoms with Crippen LogP contribution in [-0.2, 0) is 10.8 Å². The van der Waals surface area contributed by atoms with Gasteiger partial charge in [-0.05, 0) is 81.1 Å². The molecule has 0 saturated heterocycles. The molecular weight excluding hydrogens is 607 g/mol. The summed E-state index contributed by atoms with van der Waals surface area (Å²) >= 11 is 0. The molecule has 0 fully saturated rings. The monoisotopic (exact) mass is 645 g/mol. The third kappa shape index (κ3) is 4.78. The first kappa shape index (κ1) is 30.2. The summed E-state index contributed by atoms with van der Waals surface area (Å²) in [6.45, 7) is 9.33. The fraction of sp³-hybridized carbons (Fsp3) is 0.125. The number of anilines is 3. The second kappa shape index (κ2) is 11.4. The summed E-state index contributed by atoms with van der Waals surface area (Å²) in [6.07, 6.45) is 4.34. The zero-order valence-corrected chi connectivity index (χ0v) is 28.9. The summed E-state index contributed by atoms with van der Waals surface area (Å²) in [7, 11) is 0. The Morgan fingerprint density at radius 1 is 0.460 bits per heavy atom. The van der Waals surface area contributed by atoms with Gasteiger partial charge in [-0.3, -0.25) is 0 Å². The van der Waals surface area contributed by atoms with Gasteiger partial charge in [-0.25, -0.2) is 0 Å². The predicted octanol–water partition coefficient (Wildman–Crippen LogP) is 13.2. The molecule has 2 nitrogen and oxygen atoms in total. The first-order valence-corrected chi connectivity index (χ1v) is 17.5. The highest BCUT2D eigenvalue weighted by Crippen LogP contribution is 2.59. The van der Waals surface area contributed by atoms with Gasteiger partial charge in [0.05, 0.1) is 0 Å². The molecule has 2 heteroatoms. The number of ether oxygens (including phenoxy) is 1. The molecule has 0 bridgehead atoms. The van der Waals surface area contributed by atoms with Gasteiger partial charge in [0.1, 0.15) is 11.5 Å². The Balaban J connectivity index is 1.17. The SMILES string of the molecule is CC1(C)c2ccccc2Oc2c1ccc1c2-c2ccc(N(c3ccc(C=Cc4ccccc4)cc3)c3ccc4ccccc4c3)cc2C1(C)C. The lowest BCUT2D eigenvalue weighted by molar-refractivity contribution is 0.419. The van der Waals surface area contributed by atoms with Crippen LogP contribution >= 0.6 is 0 Å². The lowest BCUT2D eigenvalue weighted by atomic mass is 9.74. The topological polar surface area (TPSA) is 12.5 Å². The van der Waals surface area contributed by atoms with Crippen molar-refractivity contribution in [1.82, 2.24) is 0 Å². The van der Waals surface area contributed by atoms with Crippen LogP contribution in [0, 0.1) is 0 Å². The highest BCUT2D eigenvalue weighted by Gasteiger charge is 2.43. The highest BCUT2D eigenvalue weighted by molar-refractivity contribution is 5.92. The van der Waals surface area contributed by atoms with Gasteiger partial charge in [-0.2, -0.15) is 0 Å². The van der Waals surface area contributed by atoms with Crippen LogP contribution in [0.25, 0.3) is 34.1 Å². The first-order chi connectivity index (χ1) is 24.3. The Bertz CT molecular complexity index is 2450. The quantitative estimate of drug-likeness (QED) is 0.173. The molecule has 0 saturated carbocycles. The zero-order valence-electron chi connectivity index (χ0n) is 28.9. The van der Waals surface area contributed by atoms with E-state index in [9.17, 15) is 0 Å². The van der Waals surface area contributed by atoms with Crippen molar-refractivity contribution in [3.63, 3.8) is 0 Å². The summed E-state index contributed by atoms with van der Waals surface area (Å²) in [5, 5.41) is 2.45. The van der Waals surface area contributed by atoms with Crippen LogP contribution in [0.5, 0.6) is 11.5 Å². The average Bonchev–Trinajstić information content (AvgIpc) is 3.37. The third-order valence-electron chi connectivity index (χ3n) is 10.9. The van der Waals surface area contributed by atoms with E-state index in [-0.39, 0.29) is 10.8 Å². The second-order valence-corrected chi connectivity index (χ2v) is 14.6. The molecule has 50 heavy (non-hydrogen) atoms. The Morgan fingerprint density at radius 3 is 1.86 bits per heavy atom. The van der Waals surface area contributed by atoms with Crippen LogP contribution in [-0.4, -0.2) is 0 Å². The Kier molecular flexibility index (Phi) is 6.86. The molecule has 0 amide bonds. The maximum atomic E-state index is 6.81. The molecule has 1 aliphatic carbocycles. The van der Waals surface area contributed by atoms with Crippen LogP contribution in [0.2, 0.25) is 0 Å². The fourth-order valence-corrected chi connectivity index (χ4v) is 8.10. The molecule has 1 heterocycles. The van der Waals surface area contributed by atoms with Crippen LogP contribution in [0.4, 0.5) is 17.1 Å². The maximum Gasteiger partial charge on any atom is 0.139 e. The van der Waals surface area contributed by atoms with Gasteiger partial charge in [0.15, 0.2) is 0 Å². The Hall–Kier alpha value is -5.86. The minimum atomic E-state index is -0.207. The summed E-state index contributed by atoms with van der Waals surface area (Å²) in [6, 6.07) is 54.8. The summed E-state index contributed by atoms with van der Waals surface area (Å²) < 4.78 is 6.81. The Labute approximate surface area is 294 Å². The molecule has 0 spiro atoms. The van der Waals surface area contributed by atoms with E-state index < -0.39 is 0 Å². The van der Waals surface area contributed by atoms with E-state index in [0.717, 1.165) is 34.1 Å². The van der Waals surface area contributed by atoms with Gasteiger partial charge < -0.3 is 9.64 Å². The smallest absolute Gasteiger partial charge is 0.139 e. The minimum Gasteiger partial charge on any atom is -0.456 e. The molecule has 0 N–H and O–H groups in total. The van der Waals surface area contributed by atoms with Gasteiger partial charge in [0, 0.05) is 44.6 Å². The number of nitrogens with zero attached hydrogens (tertiary/aromatic N) is 1. The van der Waals surface area contributed by atoms with Crippen LogP contribution in [0.15, 0.2) is 152 Å². The lowest BCUT2D eigenvalue weighted by Gasteiger charge is -2.36. The van der Waals surface area contributed by atoms with Gasteiger partial charge in [0.25, 0.3) is 0 Å². The van der Waals surface area contributed by atoms with E-state index in [1.165, 1.54) is 49.7 Å². The van der Waals surface area contributed by atoms with Gasteiger partial charge in [-0.15, -0.1) is 0 Å². The molecular formula is C48H39NO. The van der Waals surface area contributed by atoms with E-state index in [0.29, 0.717) is 0 Å². The van der Waals surface area contributed by atoms with Crippen molar-refractivity contribution in [2.45, 2.75) is 38.5 Å². The molecule has 0 atom stereocenters. The van der Waals surface area contributed by atoms with Crippen LogP contribution in [0.3, 0.4) is 0 Å². The molecule has 242 valence electrons. The zero-order chi connectivity index (χ0) is 34.0. The molecule has 2 aliphatic rings. The molecule has 9 rings (SSSR count). The number of para-hydroxylation sites is 1. The van der Waals surface area contributed by atoms with Crippen LogP contribution < -0.4 is 9.64 Å². The van der Waals surface area contributed by atoms with Crippen molar-refractivity contribution in [3.05, 3.63) is 185 Å². The van der Waals surface area contributed by atoms with Crippen molar-refractivity contribution in [2.75, 3.05) is 4.90 Å². The van der Waals surface area contributed by atoms with Crippen molar-refractivity contribution in [1.29, 1.82) is 0 Å². The number of hydrogen-bond donors (Lipinski definition) is 0. The summed E-state index contributed by atoms with van der Waals surface area (Å²) in [5.74, 6) is 1.95. The summed E-state index contributed by atoms with van der Waals surface area (Å²) in [4.78, 5) is 2.39. The van der Waals surface area contributed by atoms with Gasteiger partial charge >= 0.3 is 0 Å². The van der Waals surface area contributed by atoms with E-state index in [4.69, 9.17) is 4.74 Å². The largest absolute Gasteiger partial charge is 0.456 e. The molecule has 0 unspecified atom stereocenters. The summed E-state index contributed by atoms with van der Waals surface area (Å²) in [5.41, 5.74) is 12.9. The van der Waals surface area contributed by atoms with Crippen molar-refractivity contribution < 1.29 is 4.74 Å². The maximum absolute atomic E-state index is 6.81. The number of hydrogen-bond acceptors (Lipinski definition) is 2. The average molecular weight is 646 g/mol. The molecule has 1 aliphatic heterocycles. The van der Waals surface area contributed by atoms with E-state index in [2.05, 4.69) is 190 Å². The number of rotatable bonds is 5. The second-order valence-electron chi connectivity index (χ2n) is 14.6. The lowest BCUT2D eigenvalue weighted by Crippen LogP contribution is -2.25. The number of benzene rings is 7. The number of fused-ring (bicyclic) bond motifs is 7. The molecule has 7 aromatic carbocycles. The van der Waals surface area contributed by atoms with E-state index in [1.54, 1.807) is 0 Å². The van der Waals surface area contributed by atoms with E-state index >= 15 is 0 Å². The molecule has 0 aromatic heterocycles. The van der Waals surface area contributed by atoms with Crippen molar-refractivity contribution in [2.24, 2.45) is 0 Å².